The van der Waals surface area contributed by atoms with Crippen LogP contribution in [0.25, 0.3) is 0 Å². The Morgan fingerprint density at radius 3 is 2.48 bits per heavy atom. The predicted octanol–water partition coefficient (Wildman–Crippen LogP) is 2.85. The second-order valence-corrected chi connectivity index (χ2v) is 3.71. The van der Waals surface area contributed by atoms with Crippen LogP contribution in [-0.2, 0) is 6.18 Å². The summed E-state index contributed by atoms with van der Waals surface area (Å²) in [6, 6.07) is 3.42. The average Bonchev–Trinajstić information content (AvgIpc) is 2.42. The molecular weight excluding hydrogens is 299 g/mol. The van der Waals surface area contributed by atoms with Gasteiger partial charge in [0.25, 0.3) is 0 Å². The van der Waals surface area contributed by atoms with Gasteiger partial charge in [0.05, 0.1) is 0 Å². The lowest BCUT2D eigenvalue weighted by atomic mass is 10.3. The molecular formula is C11H7F5N4O. The molecule has 0 saturated carbocycles. The van der Waals surface area contributed by atoms with E-state index in [0.29, 0.717) is 6.07 Å². The zero-order chi connectivity index (χ0) is 15.6. The number of hydrazine groups is 1. The molecule has 0 unspecified atom stereocenters. The summed E-state index contributed by atoms with van der Waals surface area (Å²) in [5, 5.41) is 0. The first-order chi connectivity index (χ1) is 9.81. The molecule has 0 atom stereocenters. The maximum absolute atomic E-state index is 13.4. The zero-order valence-corrected chi connectivity index (χ0v) is 10.1. The third-order valence-electron chi connectivity index (χ3n) is 2.25. The van der Waals surface area contributed by atoms with Crippen LogP contribution in [0.2, 0.25) is 0 Å². The lowest BCUT2D eigenvalue weighted by Gasteiger charge is -2.11. The first kappa shape index (κ1) is 14.9. The first-order valence-corrected chi connectivity index (χ1v) is 5.36. The number of anilines is 1. The molecule has 112 valence electrons. The molecule has 2 rings (SSSR count). The summed E-state index contributed by atoms with van der Waals surface area (Å²) >= 11 is 0. The van der Waals surface area contributed by atoms with Gasteiger partial charge in [-0.05, 0) is 12.1 Å². The largest absolute Gasteiger partial charge is 0.436 e. The van der Waals surface area contributed by atoms with Gasteiger partial charge in [-0.2, -0.15) is 22.5 Å². The number of nitrogens with two attached hydrogens (primary N) is 1. The molecule has 0 bridgehead atoms. The van der Waals surface area contributed by atoms with Crippen LogP contribution < -0.4 is 16.0 Å². The molecule has 2 aromatic rings. The van der Waals surface area contributed by atoms with E-state index in [9.17, 15) is 22.0 Å². The second kappa shape index (κ2) is 5.48. The molecule has 0 aliphatic heterocycles. The van der Waals surface area contributed by atoms with E-state index in [1.165, 1.54) is 0 Å². The number of alkyl halides is 3. The summed E-state index contributed by atoms with van der Waals surface area (Å²) < 4.78 is 69.1. The molecule has 10 heteroatoms. The van der Waals surface area contributed by atoms with Gasteiger partial charge in [0, 0.05) is 6.07 Å². The van der Waals surface area contributed by atoms with Crippen molar-refractivity contribution >= 4 is 5.95 Å². The highest BCUT2D eigenvalue weighted by Crippen LogP contribution is 2.32. The Hall–Kier alpha value is -2.49. The third-order valence-corrected chi connectivity index (χ3v) is 2.25. The molecule has 1 aromatic heterocycles. The van der Waals surface area contributed by atoms with E-state index in [4.69, 9.17) is 10.6 Å². The standard InChI is InChI=1S/C11H7F5N4O/c12-5-2-1-3-6(9(5)13)21-8-4-7(11(14,15)16)18-10(19-8)20-17/h1-4H,17H2,(H,18,19,20). The molecule has 0 amide bonds. The number of benzene rings is 1. The zero-order valence-electron chi connectivity index (χ0n) is 10.1. The van der Waals surface area contributed by atoms with Crippen molar-refractivity contribution in [1.29, 1.82) is 0 Å². The first-order valence-electron chi connectivity index (χ1n) is 5.36. The minimum atomic E-state index is -4.78. The minimum absolute atomic E-state index is 0.436. The van der Waals surface area contributed by atoms with Gasteiger partial charge in [0.2, 0.25) is 17.6 Å². The van der Waals surface area contributed by atoms with Gasteiger partial charge in [-0.15, -0.1) is 0 Å². The van der Waals surface area contributed by atoms with Crippen LogP contribution in [-0.4, -0.2) is 9.97 Å². The van der Waals surface area contributed by atoms with E-state index < -0.39 is 41.1 Å². The number of nitrogens with zero attached hydrogens (tertiary/aromatic N) is 2. The van der Waals surface area contributed by atoms with Crippen molar-refractivity contribution in [2.24, 2.45) is 5.84 Å². The predicted molar refractivity (Wildman–Crippen MR) is 61.3 cm³/mol. The van der Waals surface area contributed by atoms with Crippen LogP contribution in [0.4, 0.5) is 27.9 Å². The molecule has 1 heterocycles. The number of nitrogen functional groups attached to an aromatic ring is 1. The fourth-order valence-corrected chi connectivity index (χ4v) is 1.36. The highest BCUT2D eigenvalue weighted by Gasteiger charge is 2.34. The van der Waals surface area contributed by atoms with Crippen molar-refractivity contribution in [2.45, 2.75) is 6.18 Å². The lowest BCUT2D eigenvalue weighted by molar-refractivity contribution is -0.141. The Balaban J connectivity index is 2.42. The third kappa shape index (κ3) is 3.34. The molecule has 21 heavy (non-hydrogen) atoms. The smallest absolute Gasteiger partial charge is 0.433 e. The number of hydrogen-bond donors (Lipinski definition) is 2. The maximum atomic E-state index is 13.4. The minimum Gasteiger partial charge on any atom is -0.436 e. The van der Waals surface area contributed by atoms with Gasteiger partial charge >= 0.3 is 6.18 Å². The second-order valence-electron chi connectivity index (χ2n) is 3.71. The fraction of sp³-hybridized carbons (Fsp3) is 0.0909. The van der Waals surface area contributed by atoms with E-state index in [2.05, 4.69) is 9.97 Å². The monoisotopic (exact) mass is 306 g/mol. The van der Waals surface area contributed by atoms with Crippen LogP contribution in [0.3, 0.4) is 0 Å². The van der Waals surface area contributed by atoms with Crippen molar-refractivity contribution in [2.75, 3.05) is 5.43 Å². The Labute approximate surface area is 114 Å². The van der Waals surface area contributed by atoms with Gasteiger partial charge in [-0.25, -0.2) is 15.2 Å². The van der Waals surface area contributed by atoms with Crippen molar-refractivity contribution in [3.8, 4) is 11.6 Å². The van der Waals surface area contributed by atoms with Crippen LogP contribution >= 0.6 is 0 Å². The van der Waals surface area contributed by atoms with E-state index in [0.717, 1.165) is 18.2 Å². The average molecular weight is 306 g/mol. The molecule has 0 fully saturated rings. The molecule has 0 spiro atoms. The van der Waals surface area contributed by atoms with E-state index in [-0.39, 0.29) is 0 Å². The van der Waals surface area contributed by atoms with Crippen molar-refractivity contribution in [3.05, 3.63) is 41.6 Å². The summed E-state index contributed by atoms with van der Waals surface area (Å²) in [7, 11) is 0. The van der Waals surface area contributed by atoms with Crippen molar-refractivity contribution < 1.29 is 26.7 Å². The van der Waals surface area contributed by atoms with Crippen LogP contribution in [0, 0.1) is 11.6 Å². The maximum Gasteiger partial charge on any atom is 0.433 e. The highest BCUT2D eigenvalue weighted by molar-refractivity contribution is 5.34. The molecule has 0 saturated heterocycles. The van der Waals surface area contributed by atoms with Gasteiger partial charge in [0.15, 0.2) is 17.3 Å². The summed E-state index contributed by atoms with van der Waals surface area (Å²) in [4.78, 5) is 6.56. The summed E-state index contributed by atoms with van der Waals surface area (Å²) in [5.74, 6) is 0.528. The molecule has 0 radical (unpaired) electrons. The van der Waals surface area contributed by atoms with Crippen LogP contribution in [0.1, 0.15) is 5.69 Å². The quantitative estimate of drug-likeness (QED) is 0.518. The number of nitrogens with one attached hydrogen (secondary N) is 1. The number of hydrogen-bond acceptors (Lipinski definition) is 5. The molecule has 3 N–H and O–H groups in total. The van der Waals surface area contributed by atoms with Crippen LogP contribution in [0.5, 0.6) is 11.6 Å². The SMILES string of the molecule is NNc1nc(Oc2cccc(F)c2F)cc(C(F)(F)F)n1. The lowest BCUT2D eigenvalue weighted by Crippen LogP contribution is -2.15. The molecule has 5 nitrogen and oxygen atoms in total. The Kier molecular flexibility index (Phi) is 3.89. The number of ether oxygens (including phenoxy) is 1. The normalized spacial score (nSPS) is 11.3. The molecule has 0 aliphatic carbocycles. The molecule has 0 aliphatic rings. The van der Waals surface area contributed by atoms with Crippen molar-refractivity contribution in [1.82, 2.24) is 9.97 Å². The Bertz CT molecular complexity index is 662. The summed E-state index contributed by atoms with van der Waals surface area (Å²) in [6.07, 6.45) is -4.78. The summed E-state index contributed by atoms with van der Waals surface area (Å²) in [5.41, 5.74) is 0.472. The fourth-order valence-electron chi connectivity index (χ4n) is 1.36. The van der Waals surface area contributed by atoms with Crippen molar-refractivity contribution in [3.63, 3.8) is 0 Å². The Morgan fingerprint density at radius 1 is 1.14 bits per heavy atom. The number of aromatic nitrogens is 2. The van der Waals surface area contributed by atoms with E-state index >= 15 is 0 Å². The van der Waals surface area contributed by atoms with Gasteiger partial charge in [-0.1, -0.05) is 6.07 Å². The topological polar surface area (TPSA) is 73.1 Å². The highest BCUT2D eigenvalue weighted by atomic mass is 19.4. The Morgan fingerprint density at radius 2 is 1.86 bits per heavy atom. The number of halogens is 5. The van der Waals surface area contributed by atoms with Crippen LogP contribution in [0.15, 0.2) is 24.3 Å². The van der Waals surface area contributed by atoms with E-state index in [1.54, 1.807) is 0 Å². The van der Waals surface area contributed by atoms with Gasteiger partial charge < -0.3 is 4.74 Å². The van der Waals surface area contributed by atoms with E-state index in [1.807, 2.05) is 5.43 Å². The summed E-state index contributed by atoms with van der Waals surface area (Å²) in [6.45, 7) is 0. The van der Waals surface area contributed by atoms with Gasteiger partial charge in [0.1, 0.15) is 0 Å². The van der Waals surface area contributed by atoms with Gasteiger partial charge in [-0.3, -0.25) is 5.43 Å². The molecule has 1 aromatic carbocycles. The number of rotatable bonds is 3.